The van der Waals surface area contributed by atoms with Gasteiger partial charge in [0.15, 0.2) is 0 Å². The Morgan fingerprint density at radius 3 is 2.08 bits per heavy atom. The standard InChI is InChI=1S/C9H15NO3/c1-6(11)13-9(3)5-4-8(9,2)7(10)12/h4-5H2,1-3H3,(H2,10,12). The summed E-state index contributed by atoms with van der Waals surface area (Å²) in [5, 5.41) is 0. The average molecular weight is 185 g/mol. The van der Waals surface area contributed by atoms with Gasteiger partial charge in [-0.1, -0.05) is 0 Å². The van der Waals surface area contributed by atoms with E-state index in [1.807, 2.05) is 0 Å². The molecule has 1 saturated carbocycles. The molecule has 2 N–H and O–H groups in total. The second kappa shape index (κ2) is 2.72. The first-order valence-electron chi connectivity index (χ1n) is 4.31. The summed E-state index contributed by atoms with van der Waals surface area (Å²) in [5.41, 5.74) is 3.85. The Kier molecular flexibility index (Phi) is 2.10. The number of ether oxygens (including phenoxy) is 1. The first-order chi connectivity index (χ1) is 5.82. The van der Waals surface area contributed by atoms with Gasteiger partial charge >= 0.3 is 5.97 Å². The van der Waals surface area contributed by atoms with Crippen LogP contribution in [0.2, 0.25) is 0 Å². The van der Waals surface area contributed by atoms with E-state index in [0.29, 0.717) is 12.8 Å². The Hall–Kier alpha value is -1.06. The van der Waals surface area contributed by atoms with E-state index in [9.17, 15) is 9.59 Å². The number of amides is 1. The predicted molar refractivity (Wildman–Crippen MR) is 46.7 cm³/mol. The van der Waals surface area contributed by atoms with E-state index in [-0.39, 0.29) is 5.97 Å². The molecule has 0 aliphatic heterocycles. The van der Waals surface area contributed by atoms with Crippen LogP contribution in [-0.4, -0.2) is 17.5 Å². The molecule has 0 saturated heterocycles. The van der Waals surface area contributed by atoms with Crippen LogP contribution in [0.4, 0.5) is 0 Å². The molecule has 1 amide bonds. The van der Waals surface area contributed by atoms with Gasteiger partial charge in [0.1, 0.15) is 5.60 Å². The van der Waals surface area contributed by atoms with Crippen molar-refractivity contribution in [1.29, 1.82) is 0 Å². The van der Waals surface area contributed by atoms with E-state index in [1.165, 1.54) is 6.92 Å². The Balaban J connectivity index is 2.81. The lowest BCUT2D eigenvalue weighted by Crippen LogP contribution is -2.61. The van der Waals surface area contributed by atoms with Gasteiger partial charge in [0.05, 0.1) is 5.41 Å². The van der Waals surface area contributed by atoms with Gasteiger partial charge in [-0.3, -0.25) is 9.59 Å². The molecule has 0 aromatic carbocycles. The minimum absolute atomic E-state index is 0.366. The van der Waals surface area contributed by atoms with E-state index in [1.54, 1.807) is 13.8 Å². The number of hydrogen-bond donors (Lipinski definition) is 1. The first-order valence-corrected chi connectivity index (χ1v) is 4.31. The predicted octanol–water partition coefficient (Wildman–Crippen LogP) is 0.594. The zero-order chi connectivity index (χ0) is 10.3. The Morgan fingerprint density at radius 2 is 1.85 bits per heavy atom. The highest BCUT2D eigenvalue weighted by Gasteiger charge is 2.59. The second-order valence-corrected chi connectivity index (χ2v) is 4.02. The molecule has 0 spiro atoms. The number of primary amides is 1. The van der Waals surface area contributed by atoms with Crippen LogP contribution in [0.3, 0.4) is 0 Å². The van der Waals surface area contributed by atoms with Crippen molar-refractivity contribution < 1.29 is 14.3 Å². The van der Waals surface area contributed by atoms with Gasteiger partial charge in [0.2, 0.25) is 5.91 Å². The normalized spacial score (nSPS) is 37.8. The molecule has 13 heavy (non-hydrogen) atoms. The Bertz CT molecular complexity index is 264. The van der Waals surface area contributed by atoms with Gasteiger partial charge in [0.25, 0.3) is 0 Å². The molecule has 0 aromatic rings. The third-order valence-electron chi connectivity index (χ3n) is 3.18. The van der Waals surface area contributed by atoms with Crippen LogP contribution in [0.25, 0.3) is 0 Å². The molecule has 2 atom stereocenters. The minimum Gasteiger partial charge on any atom is -0.458 e. The molecule has 1 aliphatic carbocycles. The second-order valence-electron chi connectivity index (χ2n) is 4.02. The molecule has 1 aliphatic rings. The SMILES string of the molecule is CC(=O)OC1(C)CCC1(C)C(N)=O. The highest BCUT2D eigenvalue weighted by Crippen LogP contribution is 2.51. The van der Waals surface area contributed by atoms with Crippen LogP contribution in [0.1, 0.15) is 33.6 Å². The van der Waals surface area contributed by atoms with Crippen molar-refractivity contribution in [2.75, 3.05) is 0 Å². The van der Waals surface area contributed by atoms with Crippen LogP contribution in [-0.2, 0) is 14.3 Å². The summed E-state index contributed by atoms with van der Waals surface area (Å²) in [5.74, 6) is -0.767. The van der Waals surface area contributed by atoms with E-state index < -0.39 is 16.9 Å². The molecule has 0 heterocycles. The van der Waals surface area contributed by atoms with Gasteiger partial charge < -0.3 is 10.5 Å². The van der Waals surface area contributed by atoms with Gasteiger partial charge in [0, 0.05) is 6.92 Å². The van der Waals surface area contributed by atoms with Crippen molar-refractivity contribution in [1.82, 2.24) is 0 Å². The monoisotopic (exact) mass is 185 g/mol. The van der Waals surface area contributed by atoms with Gasteiger partial charge in [-0.05, 0) is 26.7 Å². The lowest BCUT2D eigenvalue weighted by Gasteiger charge is -2.52. The summed E-state index contributed by atoms with van der Waals surface area (Å²) in [6, 6.07) is 0. The topological polar surface area (TPSA) is 69.4 Å². The first kappa shape index (κ1) is 10.0. The number of nitrogens with two attached hydrogens (primary N) is 1. The zero-order valence-corrected chi connectivity index (χ0v) is 8.22. The van der Waals surface area contributed by atoms with Crippen molar-refractivity contribution in [2.24, 2.45) is 11.1 Å². The van der Waals surface area contributed by atoms with Crippen molar-refractivity contribution >= 4 is 11.9 Å². The fourth-order valence-electron chi connectivity index (χ4n) is 1.72. The van der Waals surface area contributed by atoms with Crippen LogP contribution in [0.5, 0.6) is 0 Å². The minimum atomic E-state index is -0.704. The molecule has 74 valence electrons. The van der Waals surface area contributed by atoms with E-state index in [0.717, 1.165) is 0 Å². The fourth-order valence-corrected chi connectivity index (χ4v) is 1.72. The number of hydrogen-bond acceptors (Lipinski definition) is 3. The van der Waals surface area contributed by atoms with E-state index in [4.69, 9.17) is 10.5 Å². The van der Waals surface area contributed by atoms with E-state index >= 15 is 0 Å². The maximum atomic E-state index is 11.1. The smallest absolute Gasteiger partial charge is 0.303 e. The summed E-state index contributed by atoms with van der Waals surface area (Å²) in [6.45, 7) is 4.83. The van der Waals surface area contributed by atoms with Crippen LogP contribution in [0, 0.1) is 5.41 Å². The number of esters is 1. The molecular formula is C9H15NO3. The number of carbonyl (C=O) groups excluding carboxylic acids is 2. The molecule has 1 rings (SSSR count). The molecular weight excluding hydrogens is 170 g/mol. The molecule has 0 aromatic heterocycles. The maximum Gasteiger partial charge on any atom is 0.303 e. The van der Waals surface area contributed by atoms with Crippen molar-refractivity contribution in [3.63, 3.8) is 0 Å². The molecule has 2 unspecified atom stereocenters. The Morgan fingerprint density at radius 1 is 1.31 bits per heavy atom. The highest BCUT2D eigenvalue weighted by molar-refractivity contribution is 5.83. The maximum absolute atomic E-state index is 11.1. The summed E-state index contributed by atoms with van der Waals surface area (Å²) < 4.78 is 5.11. The largest absolute Gasteiger partial charge is 0.458 e. The summed E-state index contributed by atoms with van der Waals surface area (Å²) in [6.07, 6.45) is 1.39. The van der Waals surface area contributed by atoms with Crippen molar-refractivity contribution in [3.05, 3.63) is 0 Å². The lowest BCUT2D eigenvalue weighted by molar-refractivity contribution is -0.197. The lowest BCUT2D eigenvalue weighted by atomic mass is 9.58. The summed E-state index contributed by atoms with van der Waals surface area (Å²) >= 11 is 0. The average Bonchev–Trinajstić information content (AvgIpc) is 1.99. The summed E-state index contributed by atoms with van der Waals surface area (Å²) in [7, 11) is 0. The molecule has 0 radical (unpaired) electrons. The fraction of sp³-hybridized carbons (Fsp3) is 0.778. The van der Waals surface area contributed by atoms with Crippen LogP contribution >= 0.6 is 0 Å². The van der Waals surface area contributed by atoms with Crippen LogP contribution < -0.4 is 5.73 Å². The molecule has 0 bridgehead atoms. The van der Waals surface area contributed by atoms with E-state index in [2.05, 4.69) is 0 Å². The number of carbonyl (C=O) groups is 2. The number of rotatable bonds is 2. The quantitative estimate of drug-likeness (QED) is 0.640. The molecule has 4 heteroatoms. The molecule has 1 fully saturated rings. The Labute approximate surface area is 77.4 Å². The molecule has 4 nitrogen and oxygen atoms in total. The zero-order valence-electron chi connectivity index (χ0n) is 8.22. The van der Waals surface area contributed by atoms with Gasteiger partial charge in [-0.2, -0.15) is 0 Å². The summed E-state index contributed by atoms with van der Waals surface area (Å²) in [4.78, 5) is 21.9. The van der Waals surface area contributed by atoms with Crippen molar-refractivity contribution in [3.8, 4) is 0 Å². The van der Waals surface area contributed by atoms with Gasteiger partial charge in [-0.25, -0.2) is 0 Å². The third kappa shape index (κ3) is 1.30. The van der Waals surface area contributed by atoms with Crippen molar-refractivity contribution in [2.45, 2.75) is 39.2 Å². The van der Waals surface area contributed by atoms with Gasteiger partial charge in [-0.15, -0.1) is 0 Å². The van der Waals surface area contributed by atoms with Crippen LogP contribution in [0.15, 0.2) is 0 Å². The third-order valence-corrected chi connectivity index (χ3v) is 3.18. The highest BCUT2D eigenvalue weighted by atomic mass is 16.6.